The predicted molar refractivity (Wildman–Crippen MR) is 58.4 cm³/mol. The van der Waals surface area contributed by atoms with Gasteiger partial charge in [0.1, 0.15) is 0 Å². The molecular weight excluding hydrogens is 158 g/mol. The predicted octanol–water partition coefficient (Wildman–Crippen LogP) is 3.46. The second-order valence-corrected chi connectivity index (χ2v) is 3.07. The summed E-state index contributed by atoms with van der Waals surface area (Å²) in [5.74, 6) is 0. The van der Waals surface area contributed by atoms with Gasteiger partial charge in [0.05, 0.1) is 5.69 Å². The van der Waals surface area contributed by atoms with Gasteiger partial charge in [-0.3, -0.25) is 4.98 Å². The largest absolute Gasteiger partial charge is 0.253 e. The van der Waals surface area contributed by atoms with Gasteiger partial charge in [0, 0.05) is 5.69 Å². The first-order valence-corrected chi connectivity index (χ1v) is 4.42. The third kappa shape index (κ3) is 2.05. The van der Waals surface area contributed by atoms with Crippen LogP contribution in [0.15, 0.2) is 24.8 Å². The number of aryl methyl sites for hydroxylation is 1. The minimum atomic E-state index is 1.04. The molecule has 0 radical (unpaired) electrons. The number of nitrogens with zero attached hydrogens (tertiary/aromatic N) is 1. The molecule has 1 heterocycles. The molecule has 68 valence electrons. The summed E-state index contributed by atoms with van der Waals surface area (Å²) in [6.45, 7) is 9.85. The highest BCUT2D eigenvalue weighted by Crippen LogP contribution is 2.17. The summed E-state index contributed by atoms with van der Waals surface area (Å²) < 4.78 is 0. The topological polar surface area (TPSA) is 12.9 Å². The summed E-state index contributed by atoms with van der Waals surface area (Å²) in [5, 5.41) is 0. The number of aromatic nitrogens is 1. The van der Waals surface area contributed by atoms with Gasteiger partial charge in [-0.15, -0.1) is 0 Å². The third-order valence-electron chi connectivity index (χ3n) is 2.09. The Balaban J connectivity index is 3.31. The van der Waals surface area contributed by atoms with Crippen LogP contribution in [0.1, 0.15) is 30.8 Å². The van der Waals surface area contributed by atoms with E-state index < -0.39 is 0 Å². The fraction of sp³-hybridized carbons (Fsp3) is 0.250. The maximum Gasteiger partial charge on any atom is 0.0730 e. The van der Waals surface area contributed by atoms with Crippen molar-refractivity contribution in [3.8, 4) is 0 Å². The molecule has 0 fully saturated rings. The van der Waals surface area contributed by atoms with E-state index >= 15 is 0 Å². The van der Waals surface area contributed by atoms with Crippen molar-refractivity contribution in [2.24, 2.45) is 0 Å². The van der Waals surface area contributed by atoms with Crippen LogP contribution in [-0.4, -0.2) is 4.98 Å². The second-order valence-electron chi connectivity index (χ2n) is 3.07. The van der Waals surface area contributed by atoms with Crippen molar-refractivity contribution in [2.75, 3.05) is 0 Å². The van der Waals surface area contributed by atoms with Crippen LogP contribution in [-0.2, 0) is 0 Å². The van der Waals surface area contributed by atoms with E-state index in [2.05, 4.69) is 30.6 Å². The molecule has 1 rings (SSSR count). The zero-order valence-electron chi connectivity index (χ0n) is 8.46. The molecule has 0 bridgehead atoms. The van der Waals surface area contributed by atoms with Gasteiger partial charge in [-0.05, 0) is 38.0 Å². The van der Waals surface area contributed by atoms with Gasteiger partial charge in [0.15, 0.2) is 0 Å². The molecular formula is C12H15N. The molecule has 0 N–H and O–H groups in total. The van der Waals surface area contributed by atoms with E-state index in [1.807, 2.05) is 26.0 Å². The molecule has 0 saturated carbocycles. The fourth-order valence-electron chi connectivity index (χ4n) is 1.18. The van der Waals surface area contributed by atoms with E-state index in [0.29, 0.717) is 0 Å². The average molecular weight is 173 g/mol. The maximum atomic E-state index is 4.48. The molecule has 0 aliphatic carbocycles. The Kier molecular flexibility index (Phi) is 3.02. The quantitative estimate of drug-likeness (QED) is 0.667. The summed E-state index contributed by atoms with van der Waals surface area (Å²) in [4.78, 5) is 4.48. The molecule has 0 spiro atoms. The fourth-order valence-corrected chi connectivity index (χ4v) is 1.18. The van der Waals surface area contributed by atoms with Gasteiger partial charge in [-0.1, -0.05) is 24.8 Å². The second kappa shape index (κ2) is 4.04. The van der Waals surface area contributed by atoms with Gasteiger partial charge in [-0.2, -0.15) is 0 Å². The van der Waals surface area contributed by atoms with Gasteiger partial charge in [0.25, 0.3) is 0 Å². The van der Waals surface area contributed by atoms with Crippen LogP contribution < -0.4 is 0 Å². The Bertz CT molecular complexity index is 348. The number of hydrogen-bond acceptors (Lipinski definition) is 1. The molecule has 0 saturated heterocycles. The van der Waals surface area contributed by atoms with Crippen LogP contribution in [0.5, 0.6) is 0 Å². The third-order valence-corrected chi connectivity index (χ3v) is 2.09. The first-order chi connectivity index (χ1) is 6.19. The highest BCUT2D eigenvalue weighted by Gasteiger charge is 2.02. The molecule has 1 heteroatoms. The first-order valence-electron chi connectivity index (χ1n) is 4.42. The van der Waals surface area contributed by atoms with E-state index in [4.69, 9.17) is 0 Å². The molecule has 1 nitrogen and oxygen atoms in total. The highest BCUT2D eigenvalue weighted by atomic mass is 14.7. The number of rotatable bonds is 2. The van der Waals surface area contributed by atoms with Crippen molar-refractivity contribution in [3.05, 3.63) is 41.7 Å². The smallest absolute Gasteiger partial charge is 0.0730 e. The van der Waals surface area contributed by atoms with E-state index in [9.17, 15) is 0 Å². The normalized spacial score (nSPS) is 11.5. The Hall–Kier alpha value is -1.37. The molecule has 1 aromatic heterocycles. The molecule has 0 unspecified atom stereocenters. The molecule has 0 atom stereocenters. The van der Waals surface area contributed by atoms with E-state index in [0.717, 1.165) is 17.0 Å². The first kappa shape index (κ1) is 9.72. The Morgan fingerprint density at radius 3 is 2.69 bits per heavy atom. The monoisotopic (exact) mass is 173 g/mol. The van der Waals surface area contributed by atoms with Crippen LogP contribution in [0.4, 0.5) is 0 Å². The highest BCUT2D eigenvalue weighted by molar-refractivity contribution is 5.69. The number of pyridine rings is 1. The van der Waals surface area contributed by atoms with Gasteiger partial charge >= 0.3 is 0 Å². The Labute approximate surface area is 79.8 Å². The van der Waals surface area contributed by atoms with Crippen LogP contribution >= 0.6 is 0 Å². The maximum absolute atomic E-state index is 4.48. The molecule has 0 aliphatic rings. The number of allylic oxidation sites excluding steroid dienone is 2. The minimum Gasteiger partial charge on any atom is -0.253 e. The summed E-state index contributed by atoms with van der Waals surface area (Å²) in [5.41, 5.74) is 4.37. The number of hydrogen-bond donors (Lipinski definition) is 0. The van der Waals surface area contributed by atoms with Gasteiger partial charge in [0.2, 0.25) is 0 Å². The lowest BCUT2D eigenvalue weighted by molar-refractivity contribution is 1.16. The van der Waals surface area contributed by atoms with Crippen LogP contribution in [0.25, 0.3) is 11.6 Å². The molecule has 1 aromatic rings. The van der Waals surface area contributed by atoms with Gasteiger partial charge in [-0.25, -0.2) is 0 Å². The summed E-state index contributed by atoms with van der Waals surface area (Å²) in [7, 11) is 0. The molecule has 0 aromatic carbocycles. The zero-order chi connectivity index (χ0) is 9.84. The summed E-state index contributed by atoms with van der Waals surface area (Å²) in [6.07, 6.45) is 3.91. The van der Waals surface area contributed by atoms with Crippen molar-refractivity contribution >= 4 is 11.6 Å². The van der Waals surface area contributed by atoms with Crippen molar-refractivity contribution in [1.29, 1.82) is 0 Å². The lowest BCUT2D eigenvalue weighted by Gasteiger charge is -2.05. The lowest BCUT2D eigenvalue weighted by atomic mass is 10.1. The van der Waals surface area contributed by atoms with Crippen molar-refractivity contribution in [3.63, 3.8) is 0 Å². The lowest BCUT2D eigenvalue weighted by Crippen LogP contribution is -1.92. The summed E-state index contributed by atoms with van der Waals surface area (Å²) >= 11 is 0. The van der Waals surface area contributed by atoms with Crippen molar-refractivity contribution in [1.82, 2.24) is 4.98 Å². The SMILES string of the molecule is C=Cc1ccc(C)nc1/C(C)=C\C. The van der Waals surface area contributed by atoms with Gasteiger partial charge < -0.3 is 0 Å². The van der Waals surface area contributed by atoms with Crippen molar-refractivity contribution < 1.29 is 0 Å². The van der Waals surface area contributed by atoms with E-state index in [1.165, 1.54) is 5.57 Å². The zero-order valence-corrected chi connectivity index (χ0v) is 8.46. The minimum absolute atomic E-state index is 1.04. The Morgan fingerprint density at radius 1 is 1.46 bits per heavy atom. The van der Waals surface area contributed by atoms with Crippen LogP contribution in [0.2, 0.25) is 0 Å². The van der Waals surface area contributed by atoms with Crippen LogP contribution in [0.3, 0.4) is 0 Å². The van der Waals surface area contributed by atoms with Crippen LogP contribution in [0, 0.1) is 6.92 Å². The van der Waals surface area contributed by atoms with E-state index in [-0.39, 0.29) is 0 Å². The Morgan fingerprint density at radius 2 is 2.15 bits per heavy atom. The molecule has 0 aliphatic heterocycles. The average Bonchev–Trinajstić information content (AvgIpc) is 2.16. The molecule has 0 amide bonds. The molecule has 13 heavy (non-hydrogen) atoms. The van der Waals surface area contributed by atoms with E-state index in [1.54, 1.807) is 0 Å². The van der Waals surface area contributed by atoms with Crippen molar-refractivity contribution in [2.45, 2.75) is 20.8 Å². The standard InChI is InChI=1S/C12H15N/c1-5-9(3)12-11(6-2)8-7-10(4)13-12/h5-8H,2H2,1,3-4H3/b9-5-. The summed E-state index contributed by atoms with van der Waals surface area (Å²) in [6, 6.07) is 4.06.